The van der Waals surface area contributed by atoms with E-state index in [2.05, 4.69) is 15.3 Å². The highest BCUT2D eigenvalue weighted by molar-refractivity contribution is 6.09. The van der Waals surface area contributed by atoms with Gasteiger partial charge in [0.05, 0.1) is 22.3 Å². The van der Waals surface area contributed by atoms with E-state index in [1.54, 1.807) is 24.3 Å². The van der Waals surface area contributed by atoms with Crippen LogP contribution in [0.5, 0.6) is 0 Å². The summed E-state index contributed by atoms with van der Waals surface area (Å²) in [6, 6.07) is 12.6. The molecule has 0 unspecified atom stereocenters. The van der Waals surface area contributed by atoms with Crippen LogP contribution in [0, 0.1) is 6.92 Å². The summed E-state index contributed by atoms with van der Waals surface area (Å²) in [5.74, 6) is 0.545. The Hall–Kier alpha value is -3.15. The van der Waals surface area contributed by atoms with Crippen molar-refractivity contribution in [1.82, 2.24) is 14.9 Å². The number of amides is 2. The third kappa shape index (κ3) is 3.76. The Morgan fingerprint density at radius 3 is 2.57 bits per heavy atom. The molecule has 1 aliphatic rings. The molecule has 0 spiro atoms. The molecule has 144 valence electrons. The molecular formula is C22H24N4O2. The van der Waals surface area contributed by atoms with Crippen LogP contribution in [-0.4, -0.2) is 39.8 Å². The topological polar surface area (TPSA) is 78.1 Å². The maximum atomic E-state index is 13.0. The van der Waals surface area contributed by atoms with Gasteiger partial charge in [0.25, 0.3) is 11.8 Å². The van der Waals surface area contributed by atoms with Gasteiger partial charge < -0.3 is 15.2 Å². The number of H-pyrrole nitrogens is 1. The number of benzene rings is 2. The van der Waals surface area contributed by atoms with Crippen LogP contribution in [0.25, 0.3) is 11.0 Å². The number of nitrogens with zero attached hydrogens (tertiary/aromatic N) is 2. The highest BCUT2D eigenvalue weighted by Gasteiger charge is 2.21. The Morgan fingerprint density at radius 2 is 1.79 bits per heavy atom. The number of para-hydroxylation sites is 1. The van der Waals surface area contributed by atoms with Crippen LogP contribution < -0.4 is 5.32 Å². The first kappa shape index (κ1) is 18.2. The minimum absolute atomic E-state index is 0.0163. The second kappa shape index (κ2) is 7.84. The molecular weight excluding hydrogens is 352 g/mol. The normalized spacial score (nSPS) is 14.7. The molecule has 0 bridgehead atoms. The lowest BCUT2D eigenvalue weighted by atomic mass is 10.1. The Balaban J connectivity index is 1.57. The van der Waals surface area contributed by atoms with Crippen LogP contribution in [0.15, 0.2) is 42.5 Å². The van der Waals surface area contributed by atoms with Crippen LogP contribution in [0.2, 0.25) is 0 Å². The van der Waals surface area contributed by atoms with E-state index in [0.717, 1.165) is 55.6 Å². The molecule has 0 saturated carbocycles. The fraction of sp³-hybridized carbons (Fsp3) is 0.318. The number of anilines is 1. The molecule has 1 fully saturated rings. The van der Waals surface area contributed by atoms with E-state index in [9.17, 15) is 9.59 Å². The Morgan fingerprint density at radius 1 is 1.04 bits per heavy atom. The summed E-state index contributed by atoms with van der Waals surface area (Å²) in [5.41, 5.74) is 3.25. The second-order valence-corrected chi connectivity index (χ2v) is 7.26. The number of nitrogens with one attached hydrogen (secondary N) is 2. The van der Waals surface area contributed by atoms with E-state index in [-0.39, 0.29) is 11.8 Å². The number of aryl methyl sites for hydroxylation is 1. The lowest BCUT2D eigenvalue weighted by Gasteiger charge is -2.22. The molecule has 0 radical (unpaired) electrons. The second-order valence-electron chi connectivity index (χ2n) is 7.26. The number of hydrogen-bond donors (Lipinski definition) is 2. The quantitative estimate of drug-likeness (QED) is 0.721. The summed E-state index contributed by atoms with van der Waals surface area (Å²) >= 11 is 0. The summed E-state index contributed by atoms with van der Waals surface area (Å²) in [5, 5.41) is 2.91. The van der Waals surface area contributed by atoms with E-state index in [1.165, 1.54) is 0 Å². The Bertz CT molecular complexity index is 1020. The molecule has 4 rings (SSSR count). The zero-order chi connectivity index (χ0) is 19.5. The summed E-state index contributed by atoms with van der Waals surface area (Å²) in [4.78, 5) is 35.2. The molecule has 0 atom stereocenters. The molecule has 2 N–H and O–H groups in total. The number of carbonyl (C=O) groups excluding carboxylic acids is 2. The van der Waals surface area contributed by atoms with Gasteiger partial charge in [-0.15, -0.1) is 0 Å². The average molecular weight is 376 g/mol. The van der Waals surface area contributed by atoms with E-state index < -0.39 is 0 Å². The van der Waals surface area contributed by atoms with Gasteiger partial charge in [0.1, 0.15) is 5.82 Å². The zero-order valence-electron chi connectivity index (χ0n) is 16.0. The van der Waals surface area contributed by atoms with Gasteiger partial charge in [-0.05, 0) is 50.1 Å². The first-order valence-corrected chi connectivity index (χ1v) is 9.78. The first-order chi connectivity index (χ1) is 13.6. The van der Waals surface area contributed by atoms with Gasteiger partial charge in [-0.2, -0.15) is 0 Å². The van der Waals surface area contributed by atoms with Crippen LogP contribution in [-0.2, 0) is 0 Å². The maximum Gasteiger partial charge on any atom is 0.255 e. The van der Waals surface area contributed by atoms with Crippen molar-refractivity contribution >= 4 is 28.5 Å². The first-order valence-electron chi connectivity index (χ1n) is 9.78. The third-order valence-electron chi connectivity index (χ3n) is 5.16. The number of imidazole rings is 1. The molecule has 3 aromatic rings. The summed E-state index contributed by atoms with van der Waals surface area (Å²) in [6.45, 7) is 3.43. The molecule has 1 aromatic heterocycles. The maximum absolute atomic E-state index is 13.0. The number of fused-ring (bicyclic) bond motifs is 1. The number of rotatable bonds is 3. The van der Waals surface area contributed by atoms with Crippen molar-refractivity contribution in [3.05, 3.63) is 59.4 Å². The number of likely N-dealkylation sites (tertiary alicyclic amines) is 1. The molecule has 1 aliphatic heterocycles. The smallest absolute Gasteiger partial charge is 0.255 e. The molecule has 2 heterocycles. The third-order valence-corrected chi connectivity index (χ3v) is 5.16. The summed E-state index contributed by atoms with van der Waals surface area (Å²) in [7, 11) is 0. The van der Waals surface area contributed by atoms with E-state index in [4.69, 9.17) is 0 Å². The van der Waals surface area contributed by atoms with Gasteiger partial charge in [0.15, 0.2) is 0 Å². The van der Waals surface area contributed by atoms with E-state index >= 15 is 0 Å². The van der Waals surface area contributed by atoms with Crippen LogP contribution in [0.3, 0.4) is 0 Å². The van der Waals surface area contributed by atoms with E-state index in [1.807, 2.05) is 30.0 Å². The lowest BCUT2D eigenvalue weighted by Crippen LogP contribution is -2.32. The molecule has 1 saturated heterocycles. The Labute approximate surface area is 164 Å². The number of aromatic amines is 1. The van der Waals surface area contributed by atoms with Crippen molar-refractivity contribution in [2.75, 3.05) is 18.4 Å². The molecule has 2 amide bonds. The van der Waals surface area contributed by atoms with Gasteiger partial charge in [0, 0.05) is 18.7 Å². The lowest BCUT2D eigenvalue weighted by molar-refractivity contribution is 0.0762. The minimum Gasteiger partial charge on any atom is -0.342 e. The van der Waals surface area contributed by atoms with E-state index in [0.29, 0.717) is 16.8 Å². The fourth-order valence-corrected chi connectivity index (χ4v) is 3.70. The Kier molecular flexibility index (Phi) is 5.10. The fourth-order valence-electron chi connectivity index (χ4n) is 3.70. The predicted octanol–water partition coefficient (Wildman–Crippen LogP) is 4.14. The molecule has 2 aromatic carbocycles. The molecule has 6 heteroatoms. The van der Waals surface area contributed by atoms with Crippen LogP contribution in [0.1, 0.15) is 52.2 Å². The zero-order valence-corrected chi connectivity index (χ0v) is 16.0. The molecule has 0 aliphatic carbocycles. The highest BCUT2D eigenvalue weighted by Crippen LogP contribution is 2.21. The van der Waals surface area contributed by atoms with Gasteiger partial charge in [0.2, 0.25) is 0 Å². The largest absolute Gasteiger partial charge is 0.342 e. The monoisotopic (exact) mass is 376 g/mol. The predicted molar refractivity (Wildman–Crippen MR) is 110 cm³/mol. The molecule has 28 heavy (non-hydrogen) atoms. The van der Waals surface area contributed by atoms with Gasteiger partial charge in [-0.25, -0.2) is 4.98 Å². The average Bonchev–Trinajstić information content (AvgIpc) is 2.89. The number of hydrogen-bond acceptors (Lipinski definition) is 3. The number of carbonyl (C=O) groups is 2. The van der Waals surface area contributed by atoms with Crippen LogP contribution in [0.4, 0.5) is 5.69 Å². The van der Waals surface area contributed by atoms with Gasteiger partial charge in [-0.3, -0.25) is 9.59 Å². The summed E-state index contributed by atoms with van der Waals surface area (Å²) < 4.78 is 0. The molecule has 6 nitrogen and oxygen atoms in total. The van der Waals surface area contributed by atoms with Crippen molar-refractivity contribution in [2.45, 2.75) is 32.6 Å². The van der Waals surface area contributed by atoms with Crippen LogP contribution >= 0.6 is 0 Å². The standard InChI is InChI=1S/C22H24N4O2/c1-15-23-19-11-10-16(14-20(19)24-15)21(27)25-18-9-5-4-8-17(18)22(28)26-12-6-2-3-7-13-26/h4-5,8-11,14H,2-3,6-7,12-13H2,1H3,(H,23,24)(H,25,27). The van der Waals surface area contributed by atoms with Gasteiger partial charge in [-0.1, -0.05) is 25.0 Å². The number of aromatic nitrogens is 2. The minimum atomic E-state index is -0.245. The summed E-state index contributed by atoms with van der Waals surface area (Å²) in [6.07, 6.45) is 4.39. The van der Waals surface area contributed by atoms with Crippen molar-refractivity contribution in [3.63, 3.8) is 0 Å². The van der Waals surface area contributed by atoms with Crippen molar-refractivity contribution < 1.29 is 9.59 Å². The highest BCUT2D eigenvalue weighted by atomic mass is 16.2. The van der Waals surface area contributed by atoms with Crippen molar-refractivity contribution in [2.24, 2.45) is 0 Å². The van der Waals surface area contributed by atoms with Crippen molar-refractivity contribution in [1.29, 1.82) is 0 Å². The SMILES string of the molecule is Cc1nc2ccc(C(=O)Nc3ccccc3C(=O)N3CCCCCC3)cc2[nH]1. The van der Waals surface area contributed by atoms with Crippen molar-refractivity contribution in [3.8, 4) is 0 Å². The van der Waals surface area contributed by atoms with Gasteiger partial charge >= 0.3 is 0 Å².